The molecule has 0 aliphatic heterocycles. The van der Waals surface area contributed by atoms with Crippen LogP contribution in [0.4, 0.5) is 4.79 Å². The molecule has 0 fully saturated rings. The second-order valence-corrected chi connectivity index (χ2v) is 8.34. The molecular formula is C22H36O6. The van der Waals surface area contributed by atoms with Crippen molar-refractivity contribution >= 4 is 18.4 Å². The standard InChI is InChI=1S/C22H36O6/c1-7-8-9-10-19(24)26-14-12-18-17(4)11-13-22(15-23,21(18,5)6)28-20(25)27-16(2)3/h15-16H,7-14H2,1-6H3. The van der Waals surface area contributed by atoms with Crippen LogP contribution in [-0.4, -0.2) is 36.7 Å². The van der Waals surface area contributed by atoms with Crippen molar-refractivity contribution < 1.29 is 28.6 Å². The van der Waals surface area contributed by atoms with E-state index in [0.717, 1.165) is 36.7 Å². The van der Waals surface area contributed by atoms with Gasteiger partial charge in [0.05, 0.1) is 12.7 Å². The molecule has 1 rings (SSSR count). The van der Waals surface area contributed by atoms with Crippen LogP contribution in [-0.2, 0) is 23.8 Å². The van der Waals surface area contributed by atoms with E-state index in [-0.39, 0.29) is 18.7 Å². The fourth-order valence-corrected chi connectivity index (χ4v) is 3.78. The van der Waals surface area contributed by atoms with E-state index in [9.17, 15) is 14.4 Å². The summed E-state index contributed by atoms with van der Waals surface area (Å²) in [5.41, 5.74) is 0.121. The van der Waals surface area contributed by atoms with E-state index >= 15 is 0 Å². The van der Waals surface area contributed by atoms with Crippen molar-refractivity contribution in [3.8, 4) is 0 Å². The highest BCUT2D eigenvalue weighted by atomic mass is 16.7. The lowest BCUT2D eigenvalue weighted by Gasteiger charge is -2.47. The molecule has 1 aliphatic carbocycles. The fourth-order valence-electron chi connectivity index (χ4n) is 3.78. The number of hydrogen-bond donors (Lipinski definition) is 0. The van der Waals surface area contributed by atoms with Crippen LogP contribution >= 0.6 is 0 Å². The summed E-state index contributed by atoms with van der Waals surface area (Å²) in [5, 5.41) is 0. The molecule has 0 radical (unpaired) electrons. The van der Waals surface area contributed by atoms with E-state index in [1.807, 2.05) is 20.8 Å². The number of aldehydes is 1. The lowest BCUT2D eigenvalue weighted by Crippen LogP contribution is -2.53. The van der Waals surface area contributed by atoms with E-state index < -0.39 is 17.2 Å². The Bertz CT molecular complexity index is 590. The maximum atomic E-state index is 12.1. The maximum Gasteiger partial charge on any atom is 0.509 e. The first-order valence-corrected chi connectivity index (χ1v) is 10.3. The van der Waals surface area contributed by atoms with Gasteiger partial charge in [-0.15, -0.1) is 0 Å². The molecule has 1 unspecified atom stereocenters. The number of esters is 1. The molecule has 0 aromatic heterocycles. The fraction of sp³-hybridized carbons (Fsp3) is 0.773. The maximum absolute atomic E-state index is 12.1. The Labute approximate surface area is 169 Å². The van der Waals surface area contributed by atoms with Crippen LogP contribution in [0.5, 0.6) is 0 Å². The molecular weight excluding hydrogens is 360 g/mol. The van der Waals surface area contributed by atoms with Crippen molar-refractivity contribution in [2.45, 2.75) is 98.2 Å². The second kappa shape index (κ2) is 10.6. The zero-order chi connectivity index (χ0) is 21.4. The molecule has 0 amide bonds. The largest absolute Gasteiger partial charge is 0.509 e. The Morgan fingerprint density at radius 2 is 1.89 bits per heavy atom. The van der Waals surface area contributed by atoms with Crippen LogP contribution in [0, 0.1) is 5.41 Å². The summed E-state index contributed by atoms with van der Waals surface area (Å²) < 4.78 is 16.0. The SMILES string of the molecule is CCCCCC(=O)OCCC1=C(C)CCC(C=O)(OC(=O)OC(C)C)C1(C)C. The van der Waals surface area contributed by atoms with Gasteiger partial charge in [-0.1, -0.05) is 44.8 Å². The van der Waals surface area contributed by atoms with Crippen LogP contribution in [0.2, 0.25) is 0 Å². The van der Waals surface area contributed by atoms with Crippen molar-refractivity contribution in [3.63, 3.8) is 0 Å². The van der Waals surface area contributed by atoms with Crippen molar-refractivity contribution in [2.24, 2.45) is 5.41 Å². The Kier molecular flexibility index (Phi) is 9.18. The average Bonchev–Trinajstić information content (AvgIpc) is 2.60. The smallest absolute Gasteiger partial charge is 0.465 e. The minimum atomic E-state index is -1.29. The van der Waals surface area contributed by atoms with Gasteiger partial charge in [0.25, 0.3) is 0 Å². The van der Waals surface area contributed by atoms with Crippen LogP contribution < -0.4 is 0 Å². The Balaban J connectivity index is 2.84. The molecule has 0 N–H and O–H groups in total. The molecule has 6 heteroatoms. The first-order chi connectivity index (χ1) is 13.1. The number of unbranched alkanes of at least 4 members (excludes halogenated alkanes) is 2. The van der Waals surface area contributed by atoms with Gasteiger partial charge in [-0.2, -0.15) is 0 Å². The van der Waals surface area contributed by atoms with Crippen LogP contribution in [0.1, 0.15) is 86.5 Å². The number of hydrogen-bond acceptors (Lipinski definition) is 6. The summed E-state index contributed by atoms with van der Waals surface area (Å²) in [4.78, 5) is 36.0. The molecule has 160 valence electrons. The third-order valence-corrected chi connectivity index (χ3v) is 5.59. The highest BCUT2D eigenvalue weighted by Gasteiger charge is 2.53. The molecule has 0 aromatic carbocycles. The average molecular weight is 397 g/mol. The molecule has 0 heterocycles. The minimum absolute atomic E-state index is 0.196. The van der Waals surface area contributed by atoms with Crippen molar-refractivity contribution in [1.82, 2.24) is 0 Å². The molecule has 0 saturated carbocycles. The molecule has 1 aliphatic rings. The van der Waals surface area contributed by atoms with Gasteiger partial charge in [-0.25, -0.2) is 4.79 Å². The summed E-state index contributed by atoms with van der Waals surface area (Å²) >= 11 is 0. The highest BCUT2D eigenvalue weighted by molar-refractivity contribution is 5.73. The lowest BCUT2D eigenvalue weighted by molar-refractivity contribution is -0.146. The van der Waals surface area contributed by atoms with Gasteiger partial charge in [-0.3, -0.25) is 9.59 Å². The van der Waals surface area contributed by atoms with E-state index in [4.69, 9.17) is 14.2 Å². The summed E-state index contributed by atoms with van der Waals surface area (Å²) in [5.74, 6) is -0.196. The number of ether oxygens (including phenoxy) is 3. The third-order valence-electron chi connectivity index (χ3n) is 5.59. The minimum Gasteiger partial charge on any atom is -0.465 e. The monoisotopic (exact) mass is 396 g/mol. The molecule has 0 spiro atoms. The quantitative estimate of drug-likeness (QED) is 0.220. The van der Waals surface area contributed by atoms with Gasteiger partial charge in [0, 0.05) is 18.3 Å². The van der Waals surface area contributed by atoms with E-state index in [1.165, 1.54) is 0 Å². The zero-order valence-electron chi connectivity index (χ0n) is 18.3. The third kappa shape index (κ3) is 6.08. The molecule has 6 nitrogen and oxygen atoms in total. The molecule has 0 saturated heterocycles. The molecule has 1 atom stereocenters. The number of allylic oxidation sites excluding steroid dienone is 1. The van der Waals surface area contributed by atoms with E-state index in [0.29, 0.717) is 25.7 Å². The predicted octanol–water partition coefficient (Wildman–Crippen LogP) is 5.14. The molecule has 0 aromatic rings. The number of rotatable bonds is 10. The summed E-state index contributed by atoms with van der Waals surface area (Å²) in [6.07, 6.45) is 4.44. The predicted molar refractivity (Wildman–Crippen MR) is 107 cm³/mol. The number of carbonyl (C=O) groups is 3. The van der Waals surface area contributed by atoms with Gasteiger partial charge in [0.2, 0.25) is 0 Å². The Morgan fingerprint density at radius 1 is 1.21 bits per heavy atom. The van der Waals surface area contributed by atoms with Crippen LogP contribution in [0.15, 0.2) is 11.1 Å². The van der Waals surface area contributed by atoms with Gasteiger partial charge >= 0.3 is 12.1 Å². The van der Waals surface area contributed by atoms with Gasteiger partial charge in [0.15, 0.2) is 11.9 Å². The van der Waals surface area contributed by atoms with Crippen LogP contribution in [0.3, 0.4) is 0 Å². The van der Waals surface area contributed by atoms with E-state index in [1.54, 1.807) is 13.8 Å². The van der Waals surface area contributed by atoms with Crippen molar-refractivity contribution in [3.05, 3.63) is 11.1 Å². The lowest BCUT2D eigenvalue weighted by atomic mass is 9.62. The summed E-state index contributed by atoms with van der Waals surface area (Å²) in [7, 11) is 0. The van der Waals surface area contributed by atoms with Crippen LogP contribution in [0.25, 0.3) is 0 Å². The van der Waals surface area contributed by atoms with Crippen molar-refractivity contribution in [1.29, 1.82) is 0 Å². The highest BCUT2D eigenvalue weighted by Crippen LogP contribution is 2.49. The normalized spacial score (nSPS) is 21.4. The van der Waals surface area contributed by atoms with E-state index in [2.05, 4.69) is 6.92 Å². The summed E-state index contributed by atoms with van der Waals surface area (Å²) in [6, 6.07) is 0. The molecule has 0 bridgehead atoms. The molecule has 28 heavy (non-hydrogen) atoms. The Morgan fingerprint density at radius 3 is 2.46 bits per heavy atom. The second-order valence-electron chi connectivity index (χ2n) is 8.34. The van der Waals surface area contributed by atoms with Gasteiger partial charge in [-0.05, 0) is 40.0 Å². The van der Waals surface area contributed by atoms with Gasteiger partial charge < -0.3 is 14.2 Å². The first kappa shape index (κ1) is 24.2. The van der Waals surface area contributed by atoms with Crippen molar-refractivity contribution in [2.75, 3.05) is 6.61 Å². The summed E-state index contributed by atoms with van der Waals surface area (Å²) in [6.45, 7) is 11.6. The zero-order valence-corrected chi connectivity index (χ0v) is 18.3. The topological polar surface area (TPSA) is 78.9 Å². The number of carbonyl (C=O) groups excluding carboxylic acids is 3. The Hall–Kier alpha value is -1.85. The van der Waals surface area contributed by atoms with Gasteiger partial charge in [0.1, 0.15) is 0 Å². The first-order valence-electron chi connectivity index (χ1n) is 10.3.